The number of halogens is 2. The van der Waals surface area contributed by atoms with Crippen LogP contribution in [0.15, 0.2) is 71.3 Å². The van der Waals surface area contributed by atoms with Crippen molar-refractivity contribution in [3.05, 3.63) is 93.2 Å². The van der Waals surface area contributed by atoms with Crippen LogP contribution in [-0.2, 0) is 11.2 Å². The quantitative estimate of drug-likeness (QED) is 0.515. The number of benzene rings is 2. The van der Waals surface area contributed by atoms with Crippen LogP contribution in [-0.4, -0.2) is 35.6 Å². The first kappa shape index (κ1) is 22.4. The molecule has 3 aromatic rings. The van der Waals surface area contributed by atoms with Crippen molar-refractivity contribution < 1.29 is 9.84 Å². The van der Waals surface area contributed by atoms with Gasteiger partial charge in [-0.05, 0) is 37.4 Å². The van der Waals surface area contributed by atoms with E-state index in [0.29, 0.717) is 23.0 Å². The maximum Gasteiger partial charge on any atom is 0.177 e. The summed E-state index contributed by atoms with van der Waals surface area (Å²) in [5.74, 6) is -0.877. The summed E-state index contributed by atoms with van der Waals surface area (Å²) in [5.41, 5.74) is -0.768. The van der Waals surface area contributed by atoms with Gasteiger partial charge in [-0.25, -0.2) is 0 Å². The third-order valence-corrected chi connectivity index (χ3v) is 7.64. The summed E-state index contributed by atoms with van der Waals surface area (Å²) in [6, 6.07) is 21.9. The number of ether oxygens (including phenoxy) is 1. The zero-order chi connectivity index (χ0) is 23.4. The predicted octanol–water partition coefficient (Wildman–Crippen LogP) is 5.09. The molecule has 5 nitrogen and oxygen atoms in total. The molecular weight excluding hydrogens is 502 g/mol. The van der Waals surface area contributed by atoms with E-state index in [0.717, 1.165) is 15.6 Å². The van der Waals surface area contributed by atoms with Gasteiger partial charge in [0.05, 0.1) is 17.0 Å². The molecule has 33 heavy (non-hydrogen) atoms. The van der Waals surface area contributed by atoms with Crippen molar-refractivity contribution in [2.45, 2.75) is 17.1 Å². The predicted molar refractivity (Wildman–Crippen MR) is 130 cm³/mol. The Morgan fingerprint density at radius 2 is 1.88 bits per heavy atom. The number of hydrogen-bond acceptors (Lipinski definition) is 5. The second-order valence-electron chi connectivity index (χ2n) is 9.03. The first-order valence-corrected chi connectivity index (χ1v) is 11.9. The molecule has 1 aromatic heterocycles. The number of rotatable bonds is 4. The standard InChI is InChI=1S/C26H23BrClN3O2/c1-31(2)15-20-21(13-29)25(32)24-22(12-19(28)14-30-24)33-26(25,17-8-10-18(27)11-9-17)23(20)16-6-4-3-5-7-16/h3-12,14,20-21,23,32H,15H2,1-2H3/t20-,21?,23+,25+,26-/m0/s1. The first-order valence-electron chi connectivity index (χ1n) is 10.8. The number of hydrogen-bond donors (Lipinski definition) is 1. The monoisotopic (exact) mass is 523 g/mol. The smallest absolute Gasteiger partial charge is 0.177 e. The molecule has 0 saturated heterocycles. The summed E-state index contributed by atoms with van der Waals surface area (Å²) in [6.45, 7) is 0.602. The lowest BCUT2D eigenvalue weighted by molar-refractivity contribution is -0.120. The fourth-order valence-corrected chi connectivity index (χ4v) is 6.23. The highest BCUT2D eigenvalue weighted by Gasteiger charge is 2.77. The van der Waals surface area contributed by atoms with Gasteiger partial charge in [0.25, 0.3) is 0 Å². The maximum atomic E-state index is 12.6. The average Bonchev–Trinajstić information content (AvgIpc) is 3.15. The molecule has 1 aliphatic carbocycles. The van der Waals surface area contributed by atoms with E-state index in [1.165, 1.54) is 6.20 Å². The van der Waals surface area contributed by atoms with Crippen LogP contribution >= 0.6 is 27.5 Å². The molecule has 0 radical (unpaired) electrons. The third-order valence-electron chi connectivity index (χ3n) is 6.91. The van der Waals surface area contributed by atoms with Crippen LogP contribution in [0.3, 0.4) is 0 Å². The minimum atomic E-state index is -1.67. The molecule has 1 fully saturated rings. The van der Waals surface area contributed by atoms with Crippen LogP contribution in [0.2, 0.25) is 5.02 Å². The lowest BCUT2D eigenvalue weighted by atomic mass is 9.71. The van der Waals surface area contributed by atoms with Crippen molar-refractivity contribution in [3.63, 3.8) is 0 Å². The zero-order valence-corrected chi connectivity index (χ0v) is 20.6. The van der Waals surface area contributed by atoms with E-state index in [-0.39, 0.29) is 11.8 Å². The molecule has 5 atom stereocenters. The van der Waals surface area contributed by atoms with E-state index in [9.17, 15) is 10.4 Å². The van der Waals surface area contributed by atoms with Crippen molar-refractivity contribution in [2.75, 3.05) is 20.6 Å². The van der Waals surface area contributed by atoms with Gasteiger partial charge in [-0.15, -0.1) is 0 Å². The number of fused-ring (bicyclic) bond motifs is 3. The van der Waals surface area contributed by atoms with Crippen molar-refractivity contribution >= 4 is 27.5 Å². The van der Waals surface area contributed by atoms with Crippen molar-refractivity contribution in [1.29, 1.82) is 5.26 Å². The fraction of sp³-hybridized carbons (Fsp3) is 0.308. The van der Waals surface area contributed by atoms with E-state index in [1.807, 2.05) is 68.7 Å². The Hall–Kier alpha value is -2.43. The van der Waals surface area contributed by atoms with E-state index in [4.69, 9.17) is 16.3 Å². The molecule has 2 aliphatic rings. The Balaban J connectivity index is 1.87. The largest absolute Gasteiger partial charge is 0.476 e. The van der Waals surface area contributed by atoms with Gasteiger partial charge in [0, 0.05) is 35.1 Å². The number of aliphatic hydroxyl groups is 1. The molecule has 168 valence electrons. The van der Waals surface area contributed by atoms with E-state index in [2.05, 4.69) is 31.9 Å². The molecule has 2 aromatic carbocycles. The normalized spacial score (nSPS) is 29.9. The van der Waals surface area contributed by atoms with Gasteiger partial charge in [0.15, 0.2) is 11.2 Å². The van der Waals surface area contributed by atoms with Gasteiger partial charge in [-0.1, -0.05) is 70.0 Å². The van der Waals surface area contributed by atoms with Gasteiger partial charge in [0.1, 0.15) is 11.4 Å². The Morgan fingerprint density at radius 1 is 1.18 bits per heavy atom. The highest BCUT2D eigenvalue weighted by Crippen LogP contribution is 2.70. The van der Waals surface area contributed by atoms with Gasteiger partial charge in [-0.2, -0.15) is 5.26 Å². The van der Waals surface area contributed by atoms with Crippen molar-refractivity contribution in [1.82, 2.24) is 9.88 Å². The van der Waals surface area contributed by atoms with Gasteiger partial charge in [-0.3, -0.25) is 4.98 Å². The van der Waals surface area contributed by atoms with E-state index in [1.54, 1.807) is 6.07 Å². The molecule has 0 spiro atoms. The van der Waals surface area contributed by atoms with Gasteiger partial charge in [0.2, 0.25) is 0 Å². The second-order valence-corrected chi connectivity index (χ2v) is 10.4. The topological polar surface area (TPSA) is 69.4 Å². The highest BCUT2D eigenvalue weighted by atomic mass is 79.9. The molecule has 1 saturated carbocycles. The number of nitriles is 1. The lowest BCUT2D eigenvalue weighted by Crippen LogP contribution is -2.50. The summed E-state index contributed by atoms with van der Waals surface area (Å²) in [5, 5.41) is 23.5. The molecule has 2 heterocycles. The SMILES string of the molecule is CN(C)C[C@H]1C(C#N)[C@@]2(O)c3ncc(Cl)cc3O[C@@]2(c2ccc(Br)cc2)[C@@H]1c1ccccc1. The van der Waals surface area contributed by atoms with Crippen LogP contribution in [0.5, 0.6) is 5.75 Å². The van der Waals surface area contributed by atoms with Crippen LogP contribution < -0.4 is 4.74 Å². The zero-order valence-electron chi connectivity index (χ0n) is 18.2. The summed E-state index contributed by atoms with van der Waals surface area (Å²) in [7, 11) is 3.96. The molecule has 1 aliphatic heterocycles. The Bertz CT molecular complexity index is 1230. The van der Waals surface area contributed by atoms with Gasteiger partial charge < -0.3 is 14.7 Å². The second kappa shape index (κ2) is 8.11. The molecule has 1 unspecified atom stereocenters. The highest BCUT2D eigenvalue weighted by molar-refractivity contribution is 9.10. The van der Waals surface area contributed by atoms with Crippen LogP contribution in [0.25, 0.3) is 0 Å². The molecule has 5 rings (SSSR count). The van der Waals surface area contributed by atoms with Gasteiger partial charge >= 0.3 is 0 Å². The van der Waals surface area contributed by atoms with Crippen LogP contribution in [0, 0.1) is 23.2 Å². The minimum Gasteiger partial charge on any atom is -0.476 e. The number of pyridine rings is 1. The minimum absolute atomic E-state index is 0.216. The van der Waals surface area contributed by atoms with Crippen molar-refractivity contribution in [2.24, 2.45) is 11.8 Å². The fourth-order valence-electron chi connectivity index (χ4n) is 5.81. The molecule has 0 bridgehead atoms. The Morgan fingerprint density at radius 3 is 2.52 bits per heavy atom. The average molecular weight is 525 g/mol. The molecular formula is C26H23BrClN3O2. The summed E-state index contributed by atoms with van der Waals surface area (Å²) in [6.07, 6.45) is 1.50. The summed E-state index contributed by atoms with van der Waals surface area (Å²) in [4.78, 5) is 6.58. The van der Waals surface area contributed by atoms with Crippen LogP contribution in [0.4, 0.5) is 0 Å². The lowest BCUT2D eigenvalue weighted by Gasteiger charge is -2.40. The molecule has 1 N–H and O–H groups in total. The van der Waals surface area contributed by atoms with Crippen molar-refractivity contribution in [3.8, 4) is 11.8 Å². The maximum absolute atomic E-state index is 12.6. The number of nitrogens with zero attached hydrogens (tertiary/aromatic N) is 3. The van der Waals surface area contributed by atoms with E-state index < -0.39 is 17.1 Å². The number of aromatic nitrogens is 1. The van der Waals surface area contributed by atoms with E-state index >= 15 is 0 Å². The Kier molecular flexibility index (Phi) is 5.49. The Labute approximate surface area is 206 Å². The third kappa shape index (κ3) is 3.14. The molecule has 7 heteroatoms. The summed E-state index contributed by atoms with van der Waals surface area (Å²) >= 11 is 9.77. The first-order chi connectivity index (χ1) is 15.8. The molecule has 0 amide bonds. The van der Waals surface area contributed by atoms with Crippen LogP contribution in [0.1, 0.15) is 22.7 Å². The summed E-state index contributed by atoms with van der Waals surface area (Å²) < 4.78 is 7.67.